The number of hydrogen-bond acceptors (Lipinski definition) is 4. The van der Waals surface area contributed by atoms with Crippen molar-refractivity contribution >= 4 is 5.97 Å². The lowest BCUT2D eigenvalue weighted by molar-refractivity contribution is -0.131. The Morgan fingerprint density at radius 3 is 2.39 bits per heavy atom. The van der Waals surface area contributed by atoms with Crippen molar-refractivity contribution in [1.29, 1.82) is 0 Å². The predicted octanol–water partition coefficient (Wildman–Crippen LogP) is 1.19. The van der Waals surface area contributed by atoms with Crippen LogP contribution in [0.25, 0.3) is 0 Å². The lowest BCUT2D eigenvalue weighted by atomic mass is 9.85. The van der Waals surface area contributed by atoms with Gasteiger partial charge < -0.3 is 20.1 Å². The number of carbonyl (C=O) groups is 1. The van der Waals surface area contributed by atoms with Gasteiger partial charge in [-0.1, -0.05) is 13.8 Å². The van der Waals surface area contributed by atoms with Crippen LogP contribution in [0.5, 0.6) is 0 Å². The number of aliphatic hydroxyl groups excluding tert-OH is 2. The molecular weight excluding hydrogens is 236 g/mol. The van der Waals surface area contributed by atoms with Gasteiger partial charge in [-0.15, -0.1) is 0 Å². The van der Waals surface area contributed by atoms with Crippen molar-refractivity contribution in [3.63, 3.8) is 0 Å². The molecule has 0 radical (unpaired) electrons. The molecule has 5 heteroatoms. The lowest BCUT2D eigenvalue weighted by Gasteiger charge is -2.34. The molecule has 0 aromatic carbocycles. The van der Waals surface area contributed by atoms with E-state index >= 15 is 0 Å². The van der Waals surface area contributed by atoms with Crippen molar-refractivity contribution in [1.82, 2.24) is 0 Å². The number of aliphatic hydroxyl groups is 2. The summed E-state index contributed by atoms with van der Waals surface area (Å²) >= 11 is 0. The third-order valence-corrected chi connectivity index (χ3v) is 3.24. The van der Waals surface area contributed by atoms with Gasteiger partial charge in [0.05, 0.1) is 12.2 Å². The Hall–Kier alpha value is -0.910. The van der Waals surface area contributed by atoms with Crippen LogP contribution in [0.1, 0.15) is 33.6 Å². The van der Waals surface area contributed by atoms with Crippen molar-refractivity contribution in [3.8, 4) is 0 Å². The monoisotopic (exact) mass is 260 g/mol. The molecule has 0 amide bonds. The molecule has 0 heterocycles. The Morgan fingerprint density at radius 2 is 2.00 bits per heavy atom. The summed E-state index contributed by atoms with van der Waals surface area (Å²) in [6.45, 7) is 5.28. The molecule has 5 nitrogen and oxygen atoms in total. The quantitative estimate of drug-likeness (QED) is 0.571. The van der Waals surface area contributed by atoms with E-state index < -0.39 is 23.8 Å². The van der Waals surface area contributed by atoms with Crippen LogP contribution in [-0.2, 0) is 9.53 Å². The highest BCUT2D eigenvalue weighted by Gasteiger charge is 2.35. The Labute approximate surface area is 108 Å². The normalized spacial score (nSPS) is 20.3. The molecule has 0 rings (SSSR count). The molecule has 4 atom stereocenters. The number of rotatable bonds is 8. The van der Waals surface area contributed by atoms with Gasteiger partial charge in [0.25, 0.3) is 0 Å². The topological polar surface area (TPSA) is 87.0 Å². The average molecular weight is 260 g/mol. The minimum Gasteiger partial charge on any atom is -0.478 e. The second kappa shape index (κ2) is 7.51. The fourth-order valence-electron chi connectivity index (χ4n) is 1.81. The summed E-state index contributed by atoms with van der Waals surface area (Å²) in [5.74, 6) is -1.30. The number of carboxylic acid groups (broad SMARTS) is 1. The second-order valence-corrected chi connectivity index (χ2v) is 4.78. The molecule has 0 spiro atoms. The first-order valence-corrected chi connectivity index (χ1v) is 6.10. The van der Waals surface area contributed by atoms with Crippen molar-refractivity contribution < 1.29 is 24.9 Å². The standard InChI is InChI=1S/C13H24O5/c1-5-10(14)8-9(2)12(17)13(3,18-4)7-6-11(15)16/h6-7,9-10,12,14,17H,5,8H2,1-4H3,(H,15,16)/b7-6+/t9-,10+,12-,13+/m0/s1. The van der Waals surface area contributed by atoms with E-state index in [9.17, 15) is 15.0 Å². The van der Waals surface area contributed by atoms with Gasteiger partial charge in [0.15, 0.2) is 0 Å². The summed E-state index contributed by atoms with van der Waals surface area (Å²) in [7, 11) is 1.42. The Morgan fingerprint density at radius 1 is 1.44 bits per heavy atom. The smallest absolute Gasteiger partial charge is 0.328 e. The SMILES string of the molecule is CC[C@@H](O)C[C@H](C)[C@H](O)[C@@](C)(/C=C/C(=O)O)OC. The van der Waals surface area contributed by atoms with Crippen LogP contribution in [-0.4, -0.2) is 46.2 Å². The molecule has 0 aliphatic carbocycles. The van der Waals surface area contributed by atoms with Gasteiger partial charge in [-0.2, -0.15) is 0 Å². The van der Waals surface area contributed by atoms with Gasteiger partial charge in [0.1, 0.15) is 5.60 Å². The minimum atomic E-state index is -1.09. The molecule has 0 fully saturated rings. The van der Waals surface area contributed by atoms with E-state index in [4.69, 9.17) is 9.84 Å². The van der Waals surface area contributed by atoms with E-state index in [1.54, 1.807) is 13.8 Å². The maximum absolute atomic E-state index is 10.5. The van der Waals surface area contributed by atoms with Gasteiger partial charge in [-0.25, -0.2) is 4.79 Å². The third kappa shape index (κ3) is 5.16. The first kappa shape index (κ1) is 17.1. The van der Waals surface area contributed by atoms with Gasteiger partial charge >= 0.3 is 5.97 Å². The maximum atomic E-state index is 10.5. The van der Waals surface area contributed by atoms with Gasteiger partial charge in [0.2, 0.25) is 0 Å². The molecule has 0 aromatic rings. The van der Waals surface area contributed by atoms with Gasteiger partial charge in [-0.05, 0) is 31.8 Å². The number of aliphatic carboxylic acids is 1. The number of ether oxygens (including phenoxy) is 1. The first-order chi connectivity index (χ1) is 8.26. The largest absolute Gasteiger partial charge is 0.478 e. The number of carboxylic acids is 1. The molecule has 0 aliphatic heterocycles. The van der Waals surface area contributed by atoms with E-state index in [0.29, 0.717) is 12.8 Å². The van der Waals surface area contributed by atoms with Crippen LogP contribution in [0.3, 0.4) is 0 Å². The lowest BCUT2D eigenvalue weighted by Crippen LogP contribution is -2.44. The molecule has 0 unspecified atom stereocenters. The van der Waals surface area contributed by atoms with Crippen LogP contribution in [0.15, 0.2) is 12.2 Å². The molecule has 0 bridgehead atoms. The molecule has 0 aromatic heterocycles. The van der Waals surface area contributed by atoms with E-state index in [2.05, 4.69) is 0 Å². The van der Waals surface area contributed by atoms with E-state index in [-0.39, 0.29) is 5.92 Å². The van der Waals surface area contributed by atoms with Crippen LogP contribution in [0.2, 0.25) is 0 Å². The maximum Gasteiger partial charge on any atom is 0.328 e. The van der Waals surface area contributed by atoms with Crippen LogP contribution < -0.4 is 0 Å². The van der Waals surface area contributed by atoms with Crippen molar-refractivity contribution in [2.45, 2.75) is 51.4 Å². The molecule has 106 valence electrons. The summed E-state index contributed by atoms with van der Waals surface area (Å²) < 4.78 is 5.20. The van der Waals surface area contributed by atoms with E-state index in [1.807, 2.05) is 6.92 Å². The zero-order valence-electron chi connectivity index (χ0n) is 11.5. The van der Waals surface area contributed by atoms with Crippen LogP contribution >= 0.6 is 0 Å². The Bertz CT molecular complexity index is 289. The molecule has 0 saturated carbocycles. The molecule has 18 heavy (non-hydrogen) atoms. The number of hydrogen-bond donors (Lipinski definition) is 3. The first-order valence-electron chi connectivity index (χ1n) is 6.10. The fourth-order valence-corrected chi connectivity index (χ4v) is 1.81. The average Bonchev–Trinajstić information content (AvgIpc) is 2.34. The summed E-state index contributed by atoms with van der Waals surface area (Å²) in [5.41, 5.74) is -1.08. The number of methoxy groups -OCH3 is 1. The van der Waals surface area contributed by atoms with Crippen LogP contribution in [0.4, 0.5) is 0 Å². The third-order valence-electron chi connectivity index (χ3n) is 3.24. The zero-order chi connectivity index (χ0) is 14.3. The summed E-state index contributed by atoms with van der Waals surface area (Å²) in [6.07, 6.45) is 1.98. The highest BCUT2D eigenvalue weighted by molar-refractivity contribution is 5.79. The molecular formula is C13H24O5. The Kier molecular flexibility index (Phi) is 7.13. The van der Waals surface area contributed by atoms with Crippen molar-refractivity contribution in [2.75, 3.05) is 7.11 Å². The summed E-state index contributed by atoms with van der Waals surface area (Å²) in [6, 6.07) is 0. The van der Waals surface area contributed by atoms with Crippen LogP contribution in [0, 0.1) is 5.92 Å². The summed E-state index contributed by atoms with van der Waals surface area (Å²) in [5, 5.41) is 28.4. The second-order valence-electron chi connectivity index (χ2n) is 4.78. The highest BCUT2D eigenvalue weighted by atomic mass is 16.5. The molecule has 0 saturated heterocycles. The molecule has 0 aliphatic rings. The Balaban J connectivity index is 4.77. The minimum absolute atomic E-state index is 0.205. The predicted molar refractivity (Wildman–Crippen MR) is 68.3 cm³/mol. The van der Waals surface area contributed by atoms with Crippen molar-refractivity contribution in [2.24, 2.45) is 5.92 Å². The van der Waals surface area contributed by atoms with Gasteiger partial charge in [-0.3, -0.25) is 0 Å². The van der Waals surface area contributed by atoms with Crippen molar-refractivity contribution in [3.05, 3.63) is 12.2 Å². The molecule has 3 N–H and O–H groups in total. The zero-order valence-corrected chi connectivity index (χ0v) is 11.5. The van der Waals surface area contributed by atoms with E-state index in [1.165, 1.54) is 13.2 Å². The van der Waals surface area contributed by atoms with E-state index in [0.717, 1.165) is 6.08 Å². The summed E-state index contributed by atoms with van der Waals surface area (Å²) in [4.78, 5) is 10.5. The highest BCUT2D eigenvalue weighted by Crippen LogP contribution is 2.26. The van der Waals surface area contributed by atoms with Gasteiger partial charge in [0, 0.05) is 13.2 Å². The fraction of sp³-hybridized carbons (Fsp3) is 0.769.